The molecule has 2 aromatic carbocycles. The fourth-order valence-corrected chi connectivity index (χ4v) is 9.12. The van der Waals surface area contributed by atoms with Gasteiger partial charge < -0.3 is 9.53 Å². The fourth-order valence-electron chi connectivity index (χ4n) is 4.62. The Labute approximate surface area is 183 Å². The Bertz CT molecular complexity index is 821. The number of rotatable bonds is 7. The summed E-state index contributed by atoms with van der Waals surface area (Å²) in [5.74, 6) is 0. The van der Waals surface area contributed by atoms with Gasteiger partial charge in [-0.1, -0.05) is 99.7 Å². The zero-order valence-electron chi connectivity index (χ0n) is 18.9. The van der Waals surface area contributed by atoms with Gasteiger partial charge in [0.2, 0.25) is 0 Å². The van der Waals surface area contributed by atoms with Crippen molar-refractivity contribution in [3.63, 3.8) is 0 Å². The van der Waals surface area contributed by atoms with Gasteiger partial charge in [0.25, 0.3) is 8.32 Å². The van der Waals surface area contributed by atoms with Crippen molar-refractivity contribution in [1.29, 1.82) is 0 Å². The quantitative estimate of drug-likeness (QED) is 0.482. The molecule has 2 aromatic rings. The van der Waals surface area contributed by atoms with E-state index in [2.05, 4.69) is 87.5 Å². The summed E-state index contributed by atoms with van der Waals surface area (Å²) in [5.41, 5.74) is 0.241. The van der Waals surface area contributed by atoms with Gasteiger partial charge in [0, 0.05) is 0 Å². The van der Waals surface area contributed by atoms with Gasteiger partial charge in [-0.15, -0.1) is 0 Å². The molecule has 0 aliphatic heterocycles. The Morgan fingerprint density at radius 3 is 1.93 bits per heavy atom. The van der Waals surface area contributed by atoms with Crippen LogP contribution in [0.15, 0.2) is 84.5 Å². The van der Waals surface area contributed by atoms with Crippen molar-refractivity contribution in [2.45, 2.75) is 64.0 Å². The van der Waals surface area contributed by atoms with Gasteiger partial charge in [0.05, 0.1) is 6.61 Å². The molecule has 1 aliphatic carbocycles. The van der Waals surface area contributed by atoms with E-state index in [9.17, 15) is 5.11 Å². The lowest BCUT2D eigenvalue weighted by atomic mass is 9.86. The van der Waals surface area contributed by atoms with Gasteiger partial charge in [-0.05, 0) is 53.6 Å². The second-order valence-corrected chi connectivity index (χ2v) is 13.8. The summed E-state index contributed by atoms with van der Waals surface area (Å²) in [6, 6.07) is 21.4. The molecule has 2 nitrogen and oxygen atoms in total. The Kier molecular flexibility index (Phi) is 7.17. The molecule has 0 aromatic heterocycles. The molecule has 0 amide bonds. The molecule has 0 heterocycles. The third-order valence-electron chi connectivity index (χ3n) is 6.20. The van der Waals surface area contributed by atoms with Crippen LogP contribution in [-0.2, 0) is 4.43 Å². The second kappa shape index (κ2) is 9.46. The van der Waals surface area contributed by atoms with E-state index >= 15 is 0 Å². The van der Waals surface area contributed by atoms with E-state index in [1.165, 1.54) is 16.8 Å². The predicted octanol–water partition coefficient (Wildman–Crippen LogP) is 5.37. The Morgan fingerprint density at radius 1 is 0.900 bits per heavy atom. The van der Waals surface area contributed by atoms with Crippen molar-refractivity contribution in [2.24, 2.45) is 0 Å². The van der Waals surface area contributed by atoms with Crippen LogP contribution in [-0.4, -0.2) is 25.6 Å². The summed E-state index contributed by atoms with van der Waals surface area (Å²) < 4.78 is 6.87. The molecule has 1 aliphatic rings. The number of hydrogen-bond acceptors (Lipinski definition) is 2. The van der Waals surface area contributed by atoms with Crippen molar-refractivity contribution in [1.82, 2.24) is 0 Å². The molecule has 160 valence electrons. The summed E-state index contributed by atoms with van der Waals surface area (Å²) in [6.45, 7) is 9.23. The summed E-state index contributed by atoms with van der Waals surface area (Å²) >= 11 is 0. The fraction of sp³-hybridized carbons (Fsp3) is 0.407. The van der Waals surface area contributed by atoms with Gasteiger partial charge >= 0.3 is 0 Å². The largest absolute Gasteiger partial charge is 0.404 e. The molecule has 1 unspecified atom stereocenters. The van der Waals surface area contributed by atoms with Crippen LogP contribution in [0.25, 0.3) is 0 Å². The first-order chi connectivity index (χ1) is 14.3. The van der Waals surface area contributed by atoms with Crippen LogP contribution in [0, 0.1) is 0 Å². The highest BCUT2D eigenvalue weighted by Gasteiger charge is 2.49. The highest BCUT2D eigenvalue weighted by molar-refractivity contribution is 6.99. The zero-order valence-corrected chi connectivity index (χ0v) is 19.9. The number of hydrogen-bond donors (Lipinski definition) is 1. The van der Waals surface area contributed by atoms with Crippen LogP contribution < -0.4 is 10.4 Å². The lowest BCUT2D eigenvalue weighted by Gasteiger charge is -2.42. The van der Waals surface area contributed by atoms with Gasteiger partial charge in [0.15, 0.2) is 0 Å². The maximum atomic E-state index is 11.0. The van der Waals surface area contributed by atoms with E-state index in [-0.39, 0.29) is 5.04 Å². The predicted molar refractivity (Wildman–Crippen MR) is 130 cm³/mol. The monoisotopic (exact) mass is 420 g/mol. The van der Waals surface area contributed by atoms with Crippen LogP contribution >= 0.6 is 0 Å². The number of allylic oxidation sites excluding steroid dienone is 1. The minimum atomic E-state index is -2.53. The summed E-state index contributed by atoms with van der Waals surface area (Å²) in [4.78, 5) is 0. The summed E-state index contributed by atoms with van der Waals surface area (Å²) in [7, 11) is -2.53. The third-order valence-corrected chi connectivity index (χ3v) is 11.2. The Hall–Kier alpha value is -1.94. The van der Waals surface area contributed by atoms with Crippen LogP contribution in [0.1, 0.15) is 53.4 Å². The normalized spacial score (nSPS) is 17.6. The lowest BCUT2D eigenvalue weighted by molar-refractivity contribution is 0.143. The zero-order chi connectivity index (χ0) is 21.7. The number of aliphatic hydroxyl groups is 1. The molecule has 1 N–H and O–H groups in total. The van der Waals surface area contributed by atoms with Gasteiger partial charge in [-0.3, -0.25) is 0 Å². The van der Waals surface area contributed by atoms with E-state index < -0.39 is 13.9 Å². The average molecular weight is 421 g/mol. The second-order valence-electron chi connectivity index (χ2n) is 9.50. The van der Waals surface area contributed by atoms with E-state index in [0.29, 0.717) is 6.61 Å². The molecule has 0 saturated heterocycles. The Morgan fingerprint density at radius 2 is 1.47 bits per heavy atom. The topological polar surface area (TPSA) is 29.5 Å². The highest BCUT2D eigenvalue weighted by Crippen LogP contribution is 2.36. The molecule has 30 heavy (non-hydrogen) atoms. The molecule has 0 fully saturated rings. The minimum absolute atomic E-state index is 0.0437. The van der Waals surface area contributed by atoms with E-state index in [4.69, 9.17) is 4.43 Å². The van der Waals surface area contributed by atoms with E-state index in [1.807, 2.05) is 19.1 Å². The van der Waals surface area contributed by atoms with Crippen molar-refractivity contribution in [3.05, 3.63) is 84.5 Å². The van der Waals surface area contributed by atoms with Crippen molar-refractivity contribution < 1.29 is 9.53 Å². The average Bonchev–Trinajstić information content (AvgIpc) is 2.75. The molecule has 3 heteroatoms. The Balaban J connectivity index is 1.91. The molecular formula is C27H36O2Si. The van der Waals surface area contributed by atoms with Crippen LogP contribution in [0.5, 0.6) is 0 Å². The maximum Gasteiger partial charge on any atom is 0.261 e. The highest BCUT2D eigenvalue weighted by atomic mass is 28.4. The first-order valence-corrected chi connectivity index (χ1v) is 13.0. The minimum Gasteiger partial charge on any atom is -0.404 e. The molecular weight excluding hydrogens is 384 g/mol. The SMILES string of the molecule is CC(O)(/C=C/CO[Si](c1ccccc1)(c1ccccc1)C(C)(C)C)C1=CCCCC1. The van der Waals surface area contributed by atoms with Gasteiger partial charge in [0.1, 0.15) is 5.60 Å². The standard InChI is InChI=1S/C27H36O2Si/c1-26(2,3)30(24-17-10-6-11-18-24,25-19-12-7-13-20-25)29-22-14-21-27(4,28)23-15-8-5-9-16-23/h6-7,10-15,17-21,28H,5,8-9,16,22H2,1-4H3/b21-14+. The van der Waals surface area contributed by atoms with E-state index in [1.54, 1.807) is 0 Å². The van der Waals surface area contributed by atoms with Crippen LogP contribution in [0.4, 0.5) is 0 Å². The van der Waals surface area contributed by atoms with Crippen molar-refractivity contribution >= 4 is 18.7 Å². The van der Waals surface area contributed by atoms with Crippen molar-refractivity contribution in [3.8, 4) is 0 Å². The van der Waals surface area contributed by atoms with Crippen molar-refractivity contribution in [2.75, 3.05) is 6.61 Å². The maximum absolute atomic E-state index is 11.0. The number of benzene rings is 2. The summed E-state index contributed by atoms with van der Waals surface area (Å²) in [5, 5.41) is 13.5. The third kappa shape index (κ3) is 4.85. The lowest BCUT2D eigenvalue weighted by Crippen LogP contribution is -2.66. The summed E-state index contributed by atoms with van der Waals surface area (Å²) in [6.07, 6.45) is 10.6. The molecule has 0 radical (unpaired) electrons. The smallest absolute Gasteiger partial charge is 0.261 e. The van der Waals surface area contributed by atoms with Crippen LogP contribution in [0.3, 0.4) is 0 Å². The van der Waals surface area contributed by atoms with Gasteiger partial charge in [-0.2, -0.15) is 0 Å². The van der Waals surface area contributed by atoms with E-state index in [0.717, 1.165) is 24.8 Å². The molecule has 3 rings (SSSR count). The molecule has 0 saturated carbocycles. The van der Waals surface area contributed by atoms with Crippen LogP contribution in [0.2, 0.25) is 5.04 Å². The first kappa shape index (κ1) is 22.7. The van der Waals surface area contributed by atoms with Gasteiger partial charge in [-0.25, -0.2) is 0 Å². The molecule has 0 spiro atoms. The molecule has 0 bridgehead atoms. The first-order valence-electron chi connectivity index (χ1n) is 11.1. The molecule has 1 atom stereocenters.